The molecule has 1 aliphatic heterocycles. The van der Waals surface area contributed by atoms with Crippen molar-refractivity contribution in [2.75, 3.05) is 5.32 Å². The molecule has 5 rings (SSSR count). The van der Waals surface area contributed by atoms with Gasteiger partial charge in [0.05, 0.1) is 6.20 Å². The van der Waals surface area contributed by atoms with Gasteiger partial charge in [0.1, 0.15) is 12.0 Å². The molecular formula is C21H18N2O4. The van der Waals surface area contributed by atoms with Gasteiger partial charge in [0.2, 0.25) is 11.3 Å². The Bertz CT molecular complexity index is 1060. The molecule has 0 saturated heterocycles. The normalized spacial score (nSPS) is 25.1. The number of ether oxygens (including phenoxy) is 1. The molecule has 2 N–H and O–H groups in total. The fourth-order valence-corrected chi connectivity index (χ4v) is 4.08. The summed E-state index contributed by atoms with van der Waals surface area (Å²) in [4.78, 5) is 17.6. The number of nitrogens with one attached hydrogen (secondary N) is 1. The van der Waals surface area contributed by atoms with Crippen molar-refractivity contribution in [3.8, 4) is 5.75 Å². The van der Waals surface area contributed by atoms with Gasteiger partial charge >= 0.3 is 0 Å². The molecule has 1 aromatic heterocycles. The minimum Gasteiger partial charge on any atom is -0.454 e. The minimum absolute atomic E-state index is 0.138. The predicted octanol–water partition coefficient (Wildman–Crippen LogP) is 3.54. The third kappa shape index (κ3) is 1.88. The van der Waals surface area contributed by atoms with E-state index in [2.05, 4.69) is 24.1 Å². The molecule has 3 aromatic rings. The number of nitrogens with zero attached hydrogens (tertiary/aromatic N) is 1. The predicted molar refractivity (Wildman–Crippen MR) is 97.6 cm³/mol. The van der Waals surface area contributed by atoms with Gasteiger partial charge < -0.3 is 19.6 Å². The molecule has 0 bridgehead atoms. The van der Waals surface area contributed by atoms with E-state index in [1.54, 1.807) is 24.3 Å². The molecule has 2 aliphatic rings. The highest BCUT2D eigenvalue weighted by atomic mass is 16.6. The van der Waals surface area contributed by atoms with Crippen molar-refractivity contribution in [3.63, 3.8) is 0 Å². The average Bonchev–Trinajstić information content (AvgIpc) is 3.30. The third-order valence-corrected chi connectivity index (χ3v) is 5.45. The van der Waals surface area contributed by atoms with Crippen LogP contribution in [0.15, 0.2) is 59.3 Å². The standard InChI is InChI=1S/C21H18N2O4/c1-12(2)13-7-8-16-17(11-13)27-21(25)15-6-4-3-5-14(15)18(24)20(16,21)23-19-22-9-10-26-19/h3-12,25H,1-2H3,(H,22,23). The molecule has 2 aromatic carbocycles. The van der Waals surface area contributed by atoms with Crippen molar-refractivity contribution in [1.29, 1.82) is 0 Å². The molecule has 0 fully saturated rings. The molecule has 2 unspecified atom stereocenters. The lowest BCUT2D eigenvalue weighted by Gasteiger charge is -2.33. The second kappa shape index (κ2) is 5.20. The first-order chi connectivity index (χ1) is 13.0. The van der Waals surface area contributed by atoms with Crippen molar-refractivity contribution in [3.05, 3.63) is 77.2 Å². The quantitative estimate of drug-likeness (QED) is 0.741. The number of aliphatic hydroxyl groups is 1. The van der Waals surface area contributed by atoms with Gasteiger partial charge in [-0.1, -0.05) is 50.2 Å². The van der Waals surface area contributed by atoms with Crippen LogP contribution < -0.4 is 10.1 Å². The zero-order valence-corrected chi connectivity index (χ0v) is 14.9. The zero-order valence-electron chi connectivity index (χ0n) is 14.9. The number of benzene rings is 2. The molecule has 6 nitrogen and oxygen atoms in total. The molecule has 2 atom stereocenters. The molecule has 0 spiro atoms. The average molecular weight is 362 g/mol. The summed E-state index contributed by atoms with van der Waals surface area (Å²) in [6, 6.07) is 12.8. The number of hydrogen-bond acceptors (Lipinski definition) is 6. The van der Waals surface area contributed by atoms with Crippen LogP contribution in [0, 0.1) is 0 Å². The van der Waals surface area contributed by atoms with Gasteiger partial charge in [-0.25, -0.2) is 4.98 Å². The van der Waals surface area contributed by atoms with Crippen LogP contribution in [-0.2, 0) is 11.3 Å². The van der Waals surface area contributed by atoms with Gasteiger partial charge in [-0.05, 0) is 17.5 Å². The molecule has 136 valence electrons. The van der Waals surface area contributed by atoms with Crippen LogP contribution in [0.1, 0.15) is 46.8 Å². The summed E-state index contributed by atoms with van der Waals surface area (Å²) >= 11 is 0. The second-order valence-corrected chi connectivity index (χ2v) is 7.24. The fraction of sp³-hybridized carbons (Fsp3) is 0.238. The molecule has 0 radical (unpaired) electrons. The maximum absolute atomic E-state index is 13.5. The van der Waals surface area contributed by atoms with Gasteiger partial charge in [-0.3, -0.25) is 4.79 Å². The van der Waals surface area contributed by atoms with E-state index in [1.165, 1.54) is 12.5 Å². The highest BCUT2D eigenvalue weighted by Crippen LogP contribution is 2.59. The number of carbonyl (C=O) groups is 1. The number of aromatic nitrogens is 1. The van der Waals surface area contributed by atoms with Crippen LogP contribution in [0.4, 0.5) is 6.01 Å². The van der Waals surface area contributed by atoms with Gasteiger partial charge in [0.25, 0.3) is 11.8 Å². The Labute approximate surface area is 155 Å². The van der Waals surface area contributed by atoms with E-state index in [9.17, 15) is 9.90 Å². The minimum atomic E-state index is -1.90. The lowest BCUT2D eigenvalue weighted by molar-refractivity contribution is -0.157. The van der Waals surface area contributed by atoms with E-state index in [4.69, 9.17) is 9.15 Å². The molecule has 27 heavy (non-hydrogen) atoms. The van der Waals surface area contributed by atoms with Gasteiger partial charge in [-0.2, -0.15) is 0 Å². The van der Waals surface area contributed by atoms with Crippen LogP contribution in [0.25, 0.3) is 0 Å². The maximum Gasteiger partial charge on any atom is 0.295 e. The topological polar surface area (TPSA) is 84.6 Å². The van der Waals surface area contributed by atoms with Crippen molar-refractivity contribution < 1.29 is 19.1 Å². The molecule has 2 heterocycles. The lowest BCUT2D eigenvalue weighted by Crippen LogP contribution is -2.54. The molecule has 0 amide bonds. The Kier molecular flexibility index (Phi) is 3.10. The number of carbonyl (C=O) groups excluding carboxylic acids is 1. The Balaban J connectivity index is 1.78. The largest absolute Gasteiger partial charge is 0.454 e. The third-order valence-electron chi connectivity index (χ3n) is 5.45. The fourth-order valence-electron chi connectivity index (χ4n) is 4.08. The second-order valence-electron chi connectivity index (χ2n) is 7.24. The smallest absolute Gasteiger partial charge is 0.295 e. The van der Waals surface area contributed by atoms with Crippen LogP contribution in [0.2, 0.25) is 0 Å². The Morgan fingerprint density at radius 1 is 1.15 bits per heavy atom. The van der Waals surface area contributed by atoms with E-state index in [0.717, 1.165) is 5.56 Å². The maximum atomic E-state index is 13.5. The van der Waals surface area contributed by atoms with Crippen molar-refractivity contribution in [1.82, 2.24) is 4.98 Å². The number of fused-ring (bicyclic) bond motifs is 5. The first kappa shape index (κ1) is 16.1. The number of ketones is 1. The summed E-state index contributed by atoms with van der Waals surface area (Å²) in [5, 5.41) is 14.7. The molecular weight excluding hydrogens is 344 g/mol. The number of Topliss-reactive ketones (excluding diaryl/α,β-unsaturated/α-hetero) is 1. The Hall–Kier alpha value is -3.12. The monoisotopic (exact) mass is 362 g/mol. The van der Waals surface area contributed by atoms with Crippen LogP contribution in [-0.4, -0.2) is 15.9 Å². The van der Waals surface area contributed by atoms with Crippen LogP contribution in [0.3, 0.4) is 0 Å². The number of rotatable bonds is 3. The van der Waals surface area contributed by atoms with Crippen molar-refractivity contribution in [2.24, 2.45) is 0 Å². The summed E-state index contributed by atoms with van der Waals surface area (Å²) in [6.07, 6.45) is 2.88. The van der Waals surface area contributed by atoms with E-state index in [1.807, 2.05) is 18.2 Å². The molecule has 6 heteroatoms. The Morgan fingerprint density at radius 2 is 1.96 bits per heavy atom. The summed E-state index contributed by atoms with van der Waals surface area (Å²) in [6.45, 7) is 4.15. The SMILES string of the molecule is CC(C)c1ccc2c(c1)OC1(O)c3ccccc3C(=O)C21Nc1ncco1. The van der Waals surface area contributed by atoms with Gasteiger partial charge in [-0.15, -0.1) is 0 Å². The lowest BCUT2D eigenvalue weighted by atomic mass is 9.82. The summed E-state index contributed by atoms with van der Waals surface area (Å²) in [5.74, 6) is -1.42. The number of hydrogen-bond donors (Lipinski definition) is 2. The summed E-state index contributed by atoms with van der Waals surface area (Å²) < 4.78 is 11.4. The van der Waals surface area contributed by atoms with E-state index < -0.39 is 11.3 Å². The van der Waals surface area contributed by atoms with E-state index in [0.29, 0.717) is 22.4 Å². The van der Waals surface area contributed by atoms with Crippen molar-refractivity contribution >= 4 is 11.8 Å². The number of oxazole rings is 1. The molecule has 1 aliphatic carbocycles. The van der Waals surface area contributed by atoms with Crippen LogP contribution >= 0.6 is 0 Å². The van der Waals surface area contributed by atoms with E-state index in [-0.39, 0.29) is 17.7 Å². The van der Waals surface area contributed by atoms with Crippen molar-refractivity contribution in [2.45, 2.75) is 31.1 Å². The highest BCUT2D eigenvalue weighted by molar-refractivity contribution is 6.12. The van der Waals surface area contributed by atoms with Gasteiger partial charge in [0, 0.05) is 16.7 Å². The summed E-state index contributed by atoms with van der Waals surface area (Å²) in [5.41, 5.74) is 0.902. The van der Waals surface area contributed by atoms with Crippen LogP contribution in [0.5, 0.6) is 5.75 Å². The Morgan fingerprint density at radius 3 is 2.70 bits per heavy atom. The zero-order chi connectivity index (χ0) is 18.8. The van der Waals surface area contributed by atoms with E-state index >= 15 is 0 Å². The highest BCUT2D eigenvalue weighted by Gasteiger charge is 2.71. The molecule has 0 saturated carbocycles. The van der Waals surface area contributed by atoms with Gasteiger partial charge in [0.15, 0.2) is 0 Å². The first-order valence-electron chi connectivity index (χ1n) is 8.85. The number of anilines is 1. The summed E-state index contributed by atoms with van der Waals surface area (Å²) in [7, 11) is 0. The first-order valence-corrected chi connectivity index (χ1v) is 8.85.